The highest BCUT2D eigenvalue weighted by Gasteiger charge is 2.21. The van der Waals surface area contributed by atoms with Crippen molar-refractivity contribution in [2.45, 2.75) is 18.9 Å². The van der Waals surface area contributed by atoms with E-state index in [1.165, 1.54) is 12.3 Å². The predicted octanol–water partition coefficient (Wildman–Crippen LogP) is 0.911. The molecule has 1 aliphatic heterocycles. The van der Waals surface area contributed by atoms with E-state index in [-0.39, 0.29) is 11.9 Å². The van der Waals surface area contributed by atoms with Gasteiger partial charge in [0.15, 0.2) is 0 Å². The maximum Gasteiger partial charge on any atom is 0.242 e. The summed E-state index contributed by atoms with van der Waals surface area (Å²) in [7, 11) is 0. The summed E-state index contributed by atoms with van der Waals surface area (Å²) in [6.07, 6.45) is 3.09. The topological polar surface area (TPSA) is 54.0 Å². The van der Waals surface area contributed by atoms with Gasteiger partial charge in [0.05, 0.1) is 0 Å². The van der Waals surface area contributed by atoms with Crippen LogP contribution in [0.1, 0.15) is 12.8 Å². The Kier molecular flexibility index (Phi) is 2.80. The van der Waals surface area contributed by atoms with Gasteiger partial charge >= 0.3 is 0 Å². The minimum Gasteiger partial charge on any atom is -0.374 e. The van der Waals surface area contributed by atoms with Gasteiger partial charge in [0.1, 0.15) is 6.04 Å². The van der Waals surface area contributed by atoms with Gasteiger partial charge in [-0.2, -0.15) is 4.39 Å². The van der Waals surface area contributed by atoms with Crippen molar-refractivity contribution in [3.63, 3.8) is 0 Å². The molecule has 2 heterocycles. The molecule has 1 aromatic rings. The van der Waals surface area contributed by atoms with Gasteiger partial charge in [-0.15, -0.1) is 0 Å². The van der Waals surface area contributed by atoms with Gasteiger partial charge in [-0.1, -0.05) is 0 Å². The third kappa shape index (κ3) is 2.43. The molecule has 5 heteroatoms. The van der Waals surface area contributed by atoms with Gasteiger partial charge in [0, 0.05) is 24.5 Å². The van der Waals surface area contributed by atoms with Gasteiger partial charge in [0.25, 0.3) is 0 Å². The van der Waals surface area contributed by atoms with Crippen LogP contribution in [0, 0.1) is 5.95 Å². The first kappa shape index (κ1) is 9.89. The monoisotopic (exact) mass is 209 g/mol. The number of pyridine rings is 1. The van der Waals surface area contributed by atoms with Crippen molar-refractivity contribution in [2.24, 2.45) is 0 Å². The van der Waals surface area contributed by atoms with E-state index in [0.29, 0.717) is 5.69 Å². The minimum absolute atomic E-state index is 0.0292. The number of carbonyl (C=O) groups is 1. The standard InChI is InChI=1S/C10H12FN3O/c11-9-6-7(3-5-12-9)14-8-2-1-4-13-10(8)15/h3,5-6,8H,1-2,4H2,(H,12,14)(H,13,15). The van der Waals surface area contributed by atoms with Crippen LogP contribution >= 0.6 is 0 Å². The smallest absolute Gasteiger partial charge is 0.242 e. The number of anilines is 1. The van der Waals surface area contributed by atoms with Crippen LogP contribution in [0.15, 0.2) is 18.3 Å². The highest BCUT2D eigenvalue weighted by atomic mass is 19.1. The van der Waals surface area contributed by atoms with Gasteiger partial charge in [-0.05, 0) is 18.9 Å². The van der Waals surface area contributed by atoms with Crippen LogP contribution in [0.2, 0.25) is 0 Å². The van der Waals surface area contributed by atoms with Crippen LogP contribution in [0.4, 0.5) is 10.1 Å². The molecule has 0 saturated carbocycles. The number of rotatable bonds is 2. The largest absolute Gasteiger partial charge is 0.374 e. The van der Waals surface area contributed by atoms with Gasteiger partial charge in [-0.25, -0.2) is 4.98 Å². The average Bonchev–Trinajstić information content (AvgIpc) is 2.22. The van der Waals surface area contributed by atoms with Crippen LogP contribution in [-0.4, -0.2) is 23.5 Å². The zero-order valence-electron chi connectivity index (χ0n) is 8.16. The molecule has 15 heavy (non-hydrogen) atoms. The van der Waals surface area contributed by atoms with Crippen molar-refractivity contribution in [3.8, 4) is 0 Å². The molecular formula is C10H12FN3O. The fourth-order valence-corrected chi connectivity index (χ4v) is 1.60. The summed E-state index contributed by atoms with van der Waals surface area (Å²) in [6.45, 7) is 0.724. The number of amides is 1. The molecule has 0 radical (unpaired) electrons. The first-order valence-electron chi connectivity index (χ1n) is 4.91. The lowest BCUT2D eigenvalue weighted by molar-refractivity contribution is -0.123. The van der Waals surface area contributed by atoms with Crippen LogP contribution in [-0.2, 0) is 4.79 Å². The molecule has 2 N–H and O–H groups in total. The number of halogens is 1. The molecule has 1 saturated heterocycles. The van der Waals surface area contributed by atoms with Crippen molar-refractivity contribution in [2.75, 3.05) is 11.9 Å². The van der Waals surface area contributed by atoms with Gasteiger partial charge < -0.3 is 10.6 Å². The summed E-state index contributed by atoms with van der Waals surface area (Å²) >= 11 is 0. The minimum atomic E-state index is -0.545. The molecule has 1 aliphatic rings. The maximum absolute atomic E-state index is 12.8. The summed E-state index contributed by atoms with van der Waals surface area (Å²) < 4.78 is 12.8. The molecule has 1 amide bonds. The SMILES string of the molecule is O=C1NCCCC1Nc1ccnc(F)c1. The van der Waals surface area contributed by atoms with Crippen molar-refractivity contribution in [1.29, 1.82) is 0 Å². The van der Waals surface area contributed by atoms with Crippen LogP contribution in [0.3, 0.4) is 0 Å². The Morgan fingerprint density at radius 2 is 2.47 bits per heavy atom. The number of hydrogen-bond donors (Lipinski definition) is 2. The van der Waals surface area contributed by atoms with Crippen LogP contribution in [0.5, 0.6) is 0 Å². The zero-order chi connectivity index (χ0) is 10.7. The molecule has 0 aromatic carbocycles. The fraction of sp³-hybridized carbons (Fsp3) is 0.400. The Labute approximate surface area is 86.9 Å². The fourth-order valence-electron chi connectivity index (χ4n) is 1.60. The predicted molar refractivity (Wildman–Crippen MR) is 53.8 cm³/mol. The Morgan fingerprint density at radius 3 is 3.20 bits per heavy atom. The van der Waals surface area contributed by atoms with Gasteiger partial charge in [-0.3, -0.25) is 4.79 Å². The number of nitrogens with zero attached hydrogens (tertiary/aromatic N) is 1. The summed E-state index contributed by atoms with van der Waals surface area (Å²) in [5, 5.41) is 5.74. The summed E-state index contributed by atoms with van der Waals surface area (Å²) in [5.41, 5.74) is 0.588. The van der Waals surface area contributed by atoms with E-state index in [1.54, 1.807) is 6.07 Å². The first-order chi connectivity index (χ1) is 7.25. The molecule has 1 unspecified atom stereocenters. The molecule has 1 fully saturated rings. The quantitative estimate of drug-likeness (QED) is 0.712. The highest BCUT2D eigenvalue weighted by Crippen LogP contribution is 2.12. The first-order valence-corrected chi connectivity index (χ1v) is 4.91. The van der Waals surface area contributed by atoms with Crippen molar-refractivity contribution >= 4 is 11.6 Å². The van der Waals surface area contributed by atoms with E-state index >= 15 is 0 Å². The molecule has 2 rings (SSSR count). The third-order valence-corrected chi connectivity index (χ3v) is 2.35. The van der Waals surface area contributed by atoms with E-state index in [4.69, 9.17) is 0 Å². The van der Waals surface area contributed by atoms with Crippen LogP contribution in [0.25, 0.3) is 0 Å². The Morgan fingerprint density at radius 1 is 1.60 bits per heavy atom. The molecule has 0 bridgehead atoms. The van der Waals surface area contributed by atoms with E-state index in [1.807, 2.05) is 0 Å². The van der Waals surface area contributed by atoms with E-state index in [9.17, 15) is 9.18 Å². The lowest BCUT2D eigenvalue weighted by atomic mass is 10.1. The zero-order valence-corrected chi connectivity index (χ0v) is 8.16. The molecule has 0 spiro atoms. The van der Waals surface area contributed by atoms with Gasteiger partial charge in [0.2, 0.25) is 11.9 Å². The number of aromatic nitrogens is 1. The average molecular weight is 209 g/mol. The lowest BCUT2D eigenvalue weighted by Crippen LogP contribution is -2.44. The molecule has 80 valence electrons. The Hall–Kier alpha value is -1.65. The second-order valence-corrected chi connectivity index (χ2v) is 3.50. The Bertz CT molecular complexity index is 369. The number of carbonyl (C=O) groups excluding carboxylic acids is 1. The summed E-state index contributed by atoms with van der Waals surface area (Å²) in [6, 6.07) is 2.66. The summed E-state index contributed by atoms with van der Waals surface area (Å²) in [5.74, 6) is -0.574. The van der Waals surface area contributed by atoms with E-state index in [2.05, 4.69) is 15.6 Å². The number of hydrogen-bond acceptors (Lipinski definition) is 3. The second kappa shape index (κ2) is 4.25. The molecular weight excluding hydrogens is 197 g/mol. The van der Waals surface area contributed by atoms with Crippen molar-refractivity contribution in [1.82, 2.24) is 10.3 Å². The molecule has 4 nitrogen and oxygen atoms in total. The number of piperidine rings is 1. The van der Waals surface area contributed by atoms with Crippen molar-refractivity contribution < 1.29 is 9.18 Å². The van der Waals surface area contributed by atoms with Crippen molar-refractivity contribution in [3.05, 3.63) is 24.3 Å². The van der Waals surface area contributed by atoms with E-state index in [0.717, 1.165) is 19.4 Å². The Balaban J connectivity index is 2.04. The van der Waals surface area contributed by atoms with Crippen LogP contribution < -0.4 is 10.6 Å². The third-order valence-electron chi connectivity index (χ3n) is 2.35. The normalized spacial score (nSPS) is 20.9. The lowest BCUT2D eigenvalue weighted by Gasteiger charge is -2.23. The maximum atomic E-state index is 12.8. The molecule has 1 aromatic heterocycles. The summed E-state index contributed by atoms with van der Waals surface area (Å²) in [4.78, 5) is 14.8. The molecule has 0 aliphatic carbocycles. The highest BCUT2D eigenvalue weighted by molar-refractivity contribution is 5.85. The molecule has 1 atom stereocenters. The second-order valence-electron chi connectivity index (χ2n) is 3.50. The number of nitrogens with one attached hydrogen (secondary N) is 2. The van der Waals surface area contributed by atoms with E-state index < -0.39 is 5.95 Å².